The number of likely N-dealkylation sites (N-methyl/N-ethyl adjacent to an activating group) is 1. The highest BCUT2D eigenvalue weighted by atomic mass is 16.6. The molecule has 0 radical (unpaired) electrons. The van der Waals surface area contributed by atoms with Crippen LogP contribution in [-0.2, 0) is 14.3 Å². The van der Waals surface area contributed by atoms with Gasteiger partial charge >= 0.3 is 12.1 Å². The highest BCUT2D eigenvalue weighted by molar-refractivity contribution is 5.81. The van der Waals surface area contributed by atoms with Gasteiger partial charge in [0.05, 0.1) is 13.2 Å². The molecule has 0 rings (SSSR count). The van der Waals surface area contributed by atoms with Gasteiger partial charge in [0.2, 0.25) is 0 Å². The predicted molar refractivity (Wildman–Crippen MR) is 102 cm³/mol. The molecule has 0 bridgehead atoms. The lowest BCUT2D eigenvalue weighted by molar-refractivity contribution is -0.150. The lowest BCUT2D eigenvalue weighted by atomic mass is 10.0. The van der Waals surface area contributed by atoms with E-state index in [-0.39, 0.29) is 17.8 Å². The first-order chi connectivity index (χ1) is 11.8. The third-order valence-electron chi connectivity index (χ3n) is 4.11. The van der Waals surface area contributed by atoms with Crippen LogP contribution in [0.25, 0.3) is 0 Å². The van der Waals surface area contributed by atoms with Crippen LogP contribution in [0.15, 0.2) is 0 Å². The molecule has 0 aliphatic heterocycles. The molecule has 148 valence electrons. The van der Waals surface area contributed by atoms with Crippen molar-refractivity contribution in [3.05, 3.63) is 0 Å². The van der Waals surface area contributed by atoms with Gasteiger partial charge in [-0.25, -0.2) is 9.59 Å². The molecule has 0 saturated heterocycles. The van der Waals surface area contributed by atoms with Gasteiger partial charge in [-0.1, -0.05) is 73.1 Å². The zero-order valence-electron chi connectivity index (χ0n) is 17.2. The van der Waals surface area contributed by atoms with Gasteiger partial charge < -0.3 is 9.47 Å². The standard InChI is InChI=1S/C20H39NO4/c1-7-8-9-10-11-12-13-14-24-19(22)18(17(4)5)21(6)20(23)25-15-16(2)3/h16-18H,7-15H2,1-6H3. The van der Waals surface area contributed by atoms with Crippen molar-refractivity contribution in [3.63, 3.8) is 0 Å². The fourth-order valence-electron chi connectivity index (χ4n) is 2.65. The minimum Gasteiger partial charge on any atom is -0.464 e. The SMILES string of the molecule is CCCCCCCCCOC(=O)C(C(C)C)N(C)C(=O)OCC(C)C. The molecule has 0 saturated carbocycles. The van der Waals surface area contributed by atoms with Crippen LogP contribution in [0, 0.1) is 11.8 Å². The first kappa shape index (κ1) is 23.7. The molecule has 25 heavy (non-hydrogen) atoms. The van der Waals surface area contributed by atoms with E-state index in [0.29, 0.717) is 13.2 Å². The summed E-state index contributed by atoms with van der Waals surface area (Å²) in [5, 5.41) is 0. The monoisotopic (exact) mass is 357 g/mol. The summed E-state index contributed by atoms with van der Waals surface area (Å²) in [6, 6.07) is -0.607. The fourth-order valence-corrected chi connectivity index (χ4v) is 2.65. The Kier molecular flexibility index (Phi) is 13.3. The third-order valence-corrected chi connectivity index (χ3v) is 4.11. The van der Waals surface area contributed by atoms with E-state index in [9.17, 15) is 9.59 Å². The van der Waals surface area contributed by atoms with Gasteiger partial charge in [0, 0.05) is 7.05 Å². The van der Waals surface area contributed by atoms with Crippen LogP contribution < -0.4 is 0 Å². The topological polar surface area (TPSA) is 55.8 Å². The second-order valence-corrected chi connectivity index (χ2v) is 7.56. The number of amides is 1. The third kappa shape index (κ3) is 11.1. The first-order valence-electron chi connectivity index (χ1n) is 9.87. The van der Waals surface area contributed by atoms with Gasteiger partial charge in [-0.2, -0.15) is 0 Å². The molecule has 0 aromatic carbocycles. The number of esters is 1. The van der Waals surface area contributed by atoms with Crippen LogP contribution in [0.3, 0.4) is 0 Å². The van der Waals surface area contributed by atoms with Gasteiger partial charge in [-0.15, -0.1) is 0 Å². The maximum atomic E-state index is 12.4. The Balaban J connectivity index is 4.21. The number of hydrogen-bond acceptors (Lipinski definition) is 4. The molecule has 1 amide bonds. The van der Waals surface area contributed by atoms with E-state index in [1.165, 1.54) is 37.0 Å². The summed E-state index contributed by atoms with van der Waals surface area (Å²) in [6.07, 6.45) is 7.76. The molecule has 1 unspecified atom stereocenters. The Morgan fingerprint density at radius 1 is 0.880 bits per heavy atom. The fraction of sp³-hybridized carbons (Fsp3) is 0.900. The Hall–Kier alpha value is -1.26. The van der Waals surface area contributed by atoms with Crippen LogP contribution in [0.5, 0.6) is 0 Å². The van der Waals surface area contributed by atoms with E-state index in [4.69, 9.17) is 9.47 Å². The average molecular weight is 358 g/mol. The minimum absolute atomic E-state index is 0.0295. The molecule has 0 aliphatic rings. The van der Waals surface area contributed by atoms with E-state index < -0.39 is 12.1 Å². The Morgan fingerprint density at radius 3 is 1.96 bits per heavy atom. The zero-order valence-corrected chi connectivity index (χ0v) is 17.2. The second-order valence-electron chi connectivity index (χ2n) is 7.56. The number of carbonyl (C=O) groups excluding carboxylic acids is 2. The normalized spacial score (nSPS) is 12.3. The van der Waals surface area contributed by atoms with Gasteiger partial charge in [0.15, 0.2) is 0 Å². The molecule has 1 atom stereocenters. The Morgan fingerprint density at radius 2 is 1.44 bits per heavy atom. The molecule has 5 nitrogen and oxygen atoms in total. The smallest absolute Gasteiger partial charge is 0.410 e. The number of ether oxygens (including phenoxy) is 2. The highest BCUT2D eigenvalue weighted by Crippen LogP contribution is 2.14. The molecule has 0 fully saturated rings. The summed E-state index contributed by atoms with van der Waals surface area (Å²) in [6.45, 7) is 10.7. The predicted octanol–water partition coefficient (Wildman–Crippen LogP) is 5.03. The highest BCUT2D eigenvalue weighted by Gasteiger charge is 2.32. The lowest BCUT2D eigenvalue weighted by Crippen LogP contribution is -2.47. The maximum Gasteiger partial charge on any atom is 0.410 e. The van der Waals surface area contributed by atoms with Crippen molar-refractivity contribution in [2.24, 2.45) is 11.8 Å². The second kappa shape index (κ2) is 14.0. The van der Waals surface area contributed by atoms with Gasteiger partial charge in [0.25, 0.3) is 0 Å². The number of rotatable bonds is 13. The van der Waals surface area contributed by atoms with E-state index in [1.807, 2.05) is 27.7 Å². The van der Waals surface area contributed by atoms with Gasteiger partial charge in [-0.3, -0.25) is 4.90 Å². The quantitative estimate of drug-likeness (QED) is 0.343. The van der Waals surface area contributed by atoms with Crippen molar-refractivity contribution in [3.8, 4) is 0 Å². The van der Waals surface area contributed by atoms with E-state index in [2.05, 4.69) is 6.92 Å². The van der Waals surface area contributed by atoms with Crippen LogP contribution >= 0.6 is 0 Å². The zero-order chi connectivity index (χ0) is 19.2. The van der Waals surface area contributed by atoms with Crippen LogP contribution in [0.2, 0.25) is 0 Å². The maximum absolute atomic E-state index is 12.4. The summed E-state index contributed by atoms with van der Waals surface area (Å²) in [5.41, 5.74) is 0. The number of carbonyl (C=O) groups is 2. The molecule has 5 heteroatoms. The van der Waals surface area contributed by atoms with Crippen molar-refractivity contribution in [2.45, 2.75) is 85.6 Å². The lowest BCUT2D eigenvalue weighted by Gasteiger charge is -2.29. The minimum atomic E-state index is -0.607. The van der Waals surface area contributed by atoms with Crippen molar-refractivity contribution >= 4 is 12.1 Å². The largest absolute Gasteiger partial charge is 0.464 e. The Labute approximate surface area is 154 Å². The molecular formula is C20H39NO4. The van der Waals surface area contributed by atoms with Crippen LogP contribution in [0.4, 0.5) is 4.79 Å². The summed E-state index contributed by atoms with van der Waals surface area (Å²) in [4.78, 5) is 25.8. The molecule has 0 aromatic heterocycles. The van der Waals surface area contributed by atoms with Gasteiger partial charge in [-0.05, 0) is 18.3 Å². The summed E-state index contributed by atoms with van der Waals surface area (Å²) in [5.74, 6) is -0.109. The van der Waals surface area contributed by atoms with Crippen molar-refractivity contribution < 1.29 is 19.1 Å². The summed E-state index contributed by atoms with van der Waals surface area (Å²) in [7, 11) is 1.60. The summed E-state index contributed by atoms with van der Waals surface area (Å²) < 4.78 is 10.6. The van der Waals surface area contributed by atoms with Crippen molar-refractivity contribution in [2.75, 3.05) is 20.3 Å². The van der Waals surface area contributed by atoms with E-state index in [0.717, 1.165) is 12.8 Å². The number of unbranched alkanes of at least 4 members (excludes halogenated alkanes) is 6. The van der Waals surface area contributed by atoms with Crippen LogP contribution in [0.1, 0.15) is 79.6 Å². The summed E-state index contributed by atoms with van der Waals surface area (Å²) >= 11 is 0. The molecular weight excluding hydrogens is 318 g/mol. The van der Waals surface area contributed by atoms with Gasteiger partial charge in [0.1, 0.15) is 6.04 Å². The molecule has 0 spiro atoms. The number of nitrogens with zero attached hydrogens (tertiary/aromatic N) is 1. The molecule has 0 aliphatic carbocycles. The average Bonchev–Trinajstić information content (AvgIpc) is 2.54. The van der Waals surface area contributed by atoms with Crippen molar-refractivity contribution in [1.29, 1.82) is 0 Å². The van der Waals surface area contributed by atoms with E-state index >= 15 is 0 Å². The first-order valence-corrected chi connectivity index (χ1v) is 9.87. The van der Waals surface area contributed by atoms with Crippen LogP contribution in [-0.4, -0.2) is 43.3 Å². The Bertz CT molecular complexity index is 369. The molecule has 0 heterocycles. The molecule has 0 N–H and O–H groups in total. The molecule has 0 aromatic rings. The number of hydrogen-bond donors (Lipinski definition) is 0. The van der Waals surface area contributed by atoms with E-state index in [1.54, 1.807) is 7.05 Å². The van der Waals surface area contributed by atoms with Crippen molar-refractivity contribution in [1.82, 2.24) is 4.90 Å².